The number of thioether (sulfide) groups is 1. The minimum absolute atomic E-state index is 0.0862. The second kappa shape index (κ2) is 9.48. The summed E-state index contributed by atoms with van der Waals surface area (Å²) in [6, 6.07) is 8.48. The lowest BCUT2D eigenvalue weighted by Crippen LogP contribution is -2.44. The summed E-state index contributed by atoms with van der Waals surface area (Å²) in [7, 11) is 3.74. The van der Waals surface area contributed by atoms with E-state index < -0.39 is 0 Å². The van der Waals surface area contributed by atoms with Crippen LogP contribution in [0, 0.1) is 0 Å². The number of nitrogens with zero attached hydrogens (tertiary/aromatic N) is 3. The van der Waals surface area contributed by atoms with Crippen molar-refractivity contribution in [2.45, 2.75) is 49.0 Å². The fourth-order valence-electron chi connectivity index (χ4n) is 3.88. The molecule has 1 aliphatic rings. The van der Waals surface area contributed by atoms with Gasteiger partial charge in [0.2, 0.25) is 11.8 Å². The van der Waals surface area contributed by atoms with Crippen LogP contribution >= 0.6 is 11.8 Å². The van der Waals surface area contributed by atoms with Crippen molar-refractivity contribution < 1.29 is 9.59 Å². The van der Waals surface area contributed by atoms with Crippen LogP contribution in [0.3, 0.4) is 0 Å². The molecule has 1 atom stereocenters. The van der Waals surface area contributed by atoms with Crippen LogP contribution in [0.1, 0.15) is 36.8 Å². The molecule has 2 heterocycles. The number of amides is 2. The number of nitrogens with one attached hydrogen (secondary N) is 1. The van der Waals surface area contributed by atoms with E-state index in [1.165, 1.54) is 10.5 Å². The number of aromatic nitrogens is 2. The van der Waals surface area contributed by atoms with Crippen molar-refractivity contribution >= 4 is 23.6 Å². The zero-order chi connectivity index (χ0) is 20.9. The molecule has 1 N–H and O–H groups in total. The predicted octanol–water partition coefficient (Wildman–Crippen LogP) is 2.81. The van der Waals surface area contributed by atoms with Crippen molar-refractivity contribution in [3.8, 4) is 0 Å². The van der Waals surface area contributed by atoms with E-state index in [1.807, 2.05) is 26.5 Å². The molecule has 1 aromatic heterocycles. The maximum Gasteiger partial charge on any atom is 0.222 e. The summed E-state index contributed by atoms with van der Waals surface area (Å²) in [5.74, 6) is 0.204. The monoisotopic (exact) mass is 414 g/mol. The van der Waals surface area contributed by atoms with Crippen LogP contribution in [-0.4, -0.2) is 51.9 Å². The number of hydrogen-bond acceptors (Lipinski definition) is 4. The van der Waals surface area contributed by atoms with Crippen molar-refractivity contribution in [3.05, 3.63) is 47.8 Å². The Morgan fingerprint density at radius 2 is 2.07 bits per heavy atom. The van der Waals surface area contributed by atoms with Gasteiger partial charge in [-0.3, -0.25) is 14.3 Å². The lowest BCUT2D eigenvalue weighted by Gasteiger charge is -2.30. The lowest BCUT2D eigenvalue weighted by molar-refractivity contribution is -0.130. The van der Waals surface area contributed by atoms with E-state index >= 15 is 0 Å². The fraction of sp³-hybridized carbons (Fsp3) is 0.500. The standard InChI is InChI=1S/C22H30N4O2S/c1-25(13-10-18-15-23-26(2)16-18)21(28)9-12-22(11-8-20(27)24-22)14-17-4-6-19(29-3)7-5-17/h4-7,15-16H,8-14H2,1-3H3,(H,24,27)/t22-/m1/s1. The van der Waals surface area contributed by atoms with Crippen molar-refractivity contribution in [2.75, 3.05) is 19.8 Å². The topological polar surface area (TPSA) is 67.2 Å². The average molecular weight is 415 g/mol. The Bertz CT molecular complexity index is 849. The van der Waals surface area contributed by atoms with Gasteiger partial charge in [0.25, 0.3) is 0 Å². The third-order valence-electron chi connectivity index (χ3n) is 5.67. The normalized spacial score (nSPS) is 18.7. The third-order valence-corrected chi connectivity index (χ3v) is 6.42. The first-order chi connectivity index (χ1) is 13.9. The molecule has 0 aliphatic carbocycles. The first-order valence-corrected chi connectivity index (χ1v) is 11.3. The van der Waals surface area contributed by atoms with Crippen molar-refractivity contribution in [2.24, 2.45) is 7.05 Å². The minimum atomic E-state index is -0.322. The van der Waals surface area contributed by atoms with Gasteiger partial charge in [0.05, 0.1) is 6.20 Å². The molecule has 1 fully saturated rings. The van der Waals surface area contributed by atoms with Crippen molar-refractivity contribution in [1.29, 1.82) is 0 Å². The number of aryl methyl sites for hydroxylation is 1. The second-order valence-corrected chi connectivity index (χ2v) is 8.82. The molecular weight excluding hydrogens is 384 g/mol. The van der Waals surface area contributed by atoms with Gasteiger partial charge < -0.3 is 10.2 Å². The molecule has 1 saturated heterocycles. The maximum atomic E-state index is 12.7. The molecule has 0 unspecified atom stereocenters. The second-order valence-electron chi connectivity index (χ2n) is 7.94. The van der Waals surface area contributed by atoms with Gasteiger partial charge in [0, 0.05) is 50.1 Å². The van der Waals surface area contributed by atoms with E-state index in [2.05, 4.69) is 40.9 Å². The average Bonchev–Trinajstić information content (AvgIpc) is 3.30. The summed E-state index contributed by atoms with van der Waals surface area (Å²) in [4.78, 5) is 27.7. The molecule has 2 amide bonds. The van der Waals surface area contributed by atoms with E-state index in [9.17, 15) is 9.59 Å². The highest BCUT2D eigenvalue weighted by molar-refractivity contribution is 7.98. The molecule has 3 rings (SSSR count). The van der Waals surface area contributed by atoms with Crippen molar-refractivity contribution in [1.82, 2.24) is 20.0 Å². The van der Waals surface area contributed by atoms with Gasteiger partial charge in [-0.15, -0.1) is 11.8 Å². The van der Waals surface area contributed by atoms with Crippen LogP contribution in [0.5, 0.6) is 0 Å². The molecule has 1 aliphatic heterocycles. The predicted molar refractivity (Wildman–Crippen MR) is 116 cm³/mol. The van der Waals surface area contributed by atoms with Crippen LogP contribution in [-0.2, 0) is 29.5 Å². The van der Waals surface area contributed by atoms with E-state index in [-0.39, 0.29) is 17.4 Å². The number of benzene rings is 1. The van der Waals surface area contributed by atoms with Gasteiger partial charge in [0.1, 0.15) is 0 Å². The zero-order valence-corrected chi connectivity index (χ0v) is 18.3. The Balaban J connectivity index is 1.56. The van der Waals surface area contributed by atoms with Gasteiger partial charge in [0.15, 0.2) is 0 Å². The van der Waals surface area contributed by atoms with Gasteiger partial charge in [-0.05, 0) is 55.2 Å². The summed E-state index contributed by atoms with van der Waals surface area (Å²) >= 11 is 1.72. The van der Waals surface area contributed by atoms with E-state index in [1.54, 1.807) is 21.3 Å². The summed E-state index contributed by atoms with van der Waals surface area (Å²) < 4.78 is 1.77. The molecule has 0 radical (unpaired) electrons. The lowest BCUT2D eigenvalue weighted by atomic mass is 9.85. The van der Waals surface area contributed by atoms with Gasteiger partial charge in [-0.25, -0.2) is 0 Å². The molecule has 29 heavy (non-hydrogen) atoms. The number of carbonyl (C=O) groups excluding carboxylic acids is 2. The van der Waals surface area contributed by atoms with Gasteiger partial charge in [-0.2, -0.15) is 5.10 Å². The van der Waals surface area contributed by atoms with Gasteiger partial charge in [-0.1, -0.05) is 12.1 Å². The molecule has 7 heteroatoms. The highest BCUT2D eigenvalue weighted by Gasteiger charge is 2.38. The summed E-state index contributed by atoms with van der Waals surface area (Å²) in [6.45, 7) is 0.667. The van der Waals surface area contributed by atoms with Crippen LogP contribution in [0.25, 0.3) is 0 Å². The Hall–Kier alpha value is -2.28. The quantitative estimate of drug-likeness (QED) is 0.641. The summed E-state index contributed by atoms with van der Waals surface area (Å²) in [5.41, 5.74) is 2.00. The minimum Gasteiger partial charge on any atom is -0.350 e. The summed E-state index contributed by atoms with van der Waals surface area (Å²) in [6.07, 6.45) is 9.85. The highest BCUT2D eigenvalue weighted by Crippen LogP contribution is 2.30. The molecule has 2 aromatic rings. The van der Waals surface area contributed by atoms with Crippen LogP contribution < -0.4 is 5.32 Å². The largest absolute Gasteiger partial charge is 0.350 e. The first-order valence-electron chi connectivity index (χ1n) is 10.0. The SMILES string of the molecule is CSc1ccc(C[C@]2(CCC(=O)N(C)CCc3cnn(C)c3)CCC(=O)N2)cc1. The van der Waals surface area contributed by atoms with Gasteiger partial charge >= 0.3 is 0 Å². The summed E-state index contributed by atoms with van der Waals surface area (Å²) in [5, 5.41) is 7.34. The van der Waals surface area contributed by atoms with Crippen LogP contribution in [0.4, 0.5) is 0 Å². The molecule has 0 saturated carbocycles. The Kier molecular flexibility index (Phi) is 7.00. The first kappa shape index (κ1) is 21.4. The zero-order valence-electron chi connectivity index (χ0n) is 17.5. The molecule has 0 bridgehead atoms. The molecule has 6 nitrogen and oxygen atoms in total. The Morgan fingerprint density at radius 3 is 2.66 bits per heavy atom. The number of likely N-dealkylation sites (N-methyl/N-ethyl adjacent to an activating group) is 1. The molecule has 0 spiro atoms. The molecule has 1 aromatic carbocycles. The molecule has 156 valence electrons. The number of rotatable bonds is 9. The Morgan fingerprint density at radius 1 is 1.31 bits per heavy atom. The van der Waals surface area contributed by atoms with Crippen LogP contribution in [0.2, 0.25) is 0 Å². The van der Waals surface area contributed by atoms with E-state index in [0.29, 0.717) is 25.8 Å². The van der Waals surface area contributed by atoms with Crippen LogP contribution in [0.15, 0.2) is 41.6 Å². The highest BCUT2D eigenvalue weighted by atomic mass is 32.2. The molecular formula is C22H30N4O2S. The van der Waals surface area contributed by atoms with E-state index in [0.717, 1.165) is 24.8 Å². The maximum absolute atomic E-state index is 12.7. The Labute approximate surface area is 177 Å². The van der Waals surface area contributed by atoms with E-state index in [4.69, 9.17) is 0 Å². The smallest absolute Gasteiger partial charge is 0.222 e. The fourth-order valence-corrected chi connectivity index (χ4v) is 4.28. The van der Waals surface area contributed by atoms with Crippen molar-refractivity contribution in [3.63, 3.8) is 0 Å². The number of carbonyl (C=O) groups is 2. The third kappa shape index (κ3) is 5.85. The number of hydrogen-bond donors (Lipinski definition) is 1.